The average Bonchev–Trinajstić information content (AvgIpc) is 3.91. The Morgan fingerprint density at radius 1 is 0.878 bits per heavy atom. The first kappa shape index (κ1) is 51.4. The lowest BCUT2D eigenvalue weighted by Gasteiger charge is -2.74. The van der Waals surface area contributed by atoms with Crippen molar-refractivity contribution in [3.8, 4) is 0 Å². The smallest absolute Gasteiger partial charge is 0.160 e. The van der Waals surface area contributed by atoms with Crippen molar-refractivity contribution in [3.05, 3.63) is 69.6 Å². The Balaban J connectivity index is 1.04. The van der Waals surface area contributed by atoms with Crippen LogP contribution in [0.5, 0.6) is 0 Å². The van der Waals surface area contributed by atoms with Crippen molar-refractivity contribution in [3.63, 3.8) is 0 Å². The molecule has 2 aromatic heterocycles. The van der Waals surface area contributed by atoms with Gasteiger partial charge in [-0.3, -0.25) is 9.59 Å². The van der Waals surface area contributed by atoms with E-state index in [1.807, 2.05) is 20.9 Å². The van der Waals surface area contributed by atoms with E-state index in [1.54, 1.807) is 0 Å². The summed E-state index contributed by atoms with van der Waals surface area (Å²) in [5.74, 6) is 0.433. The number of hydrogen-bond donors (Lipinski definition) is 4. The Morgan fingerprint density at radius 2 is 1.57 bits per heavy atom. The number of benzene rings is 1. The number of carbonyl (C=O) groups excluding carboxylic acids is 3. The molecule has 2 saturated heterocycles. The van der Waals surface area contributed by atoms with Gasteiger partial charge in [-0.25, -0.2) is 0 Å². The van der Waals surface area contributed by atoms with Crippen LogP contribution in [0.4, 0.5) is 0 Å². The van der Waals surface area contributed by atoms with Crippen molar-refractivity contribution in [2.75, 3.05) is 26.8 Å². The van der Waals surface area contributed by atoms with E-state index in [0.29, 0.717) is 56.3 Å². The number of nitrogens with zero attached hydrogens (tertiary/aromatic N) is 1. The molecule has 402 valence electrons. The molecule has 74 heavy (non-hydrogen) atoms. The molecule has 10 nitrogen and oxygen atoms in total. The molecule has 5 saturated carbocycles. The molecule has 4 N–H and O–H groups in total. The number of carbonyl (C=O) groups is 3. The van der Waals surface area contributed by atoms with Gasteiger partial charge >= 0.3 is 0 Å². The zero-order chi connectivity index (χ0) is 52.0. The molecule has 3 aromatic rings. The Bertz CT molecular complexity index is 2710. The van der Waals surface area contributed by atoms with E-state index in [1.165, 1.54) is 49.5 Å². The van der Waals surface area contributed by atoms with Gasteiger partial charge in [0, 0.05) is 72.9 Å². The number of ketones is 2. The van der Waals surface area contributed by atoms with Gasteiger partial charge in [-0.05, 0) is 178 Å². The van der Waals surface area contributed by atoms with Crippen molar-refractivity contribution in [2.24, 2.45) is 50.2 Å². The largest absolute Gasteiger partial charge is 0.392 e. The number of nitrogens with one attached hydrogen (secondary N) is 2. The minimum absolute atomic E-state index is 0.0906. The third-order valence-electron chi connectivity index (χ3n) is 24.0. The quantitative estimate of drug-likeness (QED) is 0.110. The number of aliphatic hydroxyl groups is 2. The van der Waals surface area contributed by atoms with E-state index in [0.717, 1.165) is 116 Å². The number of ether oxygens (including phenoxy) is 2. The van der Waals surface area contributed by atoms with Gasteiger partial charge in [0.05, 0.1) is 34.8 Å². The summed E-state index contributed by atoms with van der Waals surface area (Å²) in [7, 11) is 1.99. The number of epoxide rings is 1. The Labute approximate surface area is 441 Å². The van der Waals surface area contributed by atoms with Crippen LogP contribution < -0.4 is 5.32 Å². The minimum atomic E-state index is -0.810. The molecule has 7 fully saturated rings. The number of aromatic amines is 1. The molecule has 0 unspecified atom stereocenters. The minimum Gasteiger partial charge on any atom is -0.392 e. The van der Waals surface area contributed by atoms with Crippen LogP contribution in [0.2, 0.25) is 0 Å². The Morgan fingerprint density at radius 3 is 2.23 bits per heavy atom. The SMILES string of the molecule is CNCC[C@]1(C)C(=O)CC2(CCCC2)[C@@]2(C)[C@H]3[C@H](O)[C@@H]4Cn5cc([C@H](C=O)c6cc(C7CCCCC7)cc(C7CCOCC7)c6)c6[nH]cc(c65)CC[C@@](C)(C[C@@H](O)[C@H]5OC5(C)C)C5=C4[C@](C)(CC5=O)[C@@]3(C)CC[C@H]21. The van der Waals surface area contributed by atoms with E-state index in [2.05, 4.69) is 80.1 Å². The van der Waals surface area contributed by atoms with Gasteiger partial charge in [0.1, 0.15) is 18.2 Å². The molecule has 9 aliphatic rings. The molecule has 0 bridgehead atoms. The number of hydrogen-bond acceptors (Lipinski definition) is 8. The number of aromatic nitrogens is 2. The van der Waals surface area contributed by atoms with Crippen LogP contribution in [0.15, 0.2) is 41.7 Å². The fourth-order valence-electron chi connectivity index (χ4n) is 19.8. The van der Waals surface area contributed by atoms with E-state index in [4.69, 9.17) is 9.47 Å². The molecular weight excluding hydrogens is 923 g/mol. The molecule has 5 heterocycles. The highest BCUT2D eigenvalue weighted by molar-refractivity contribution is 6.02. The summed E-state index contributed by atoms with van der Waals surface area (Å²) in [6.45, 7) is 18.7. The van der Waals surface area contributed by atoms with E-state index >= 15 is 4.79 Å². The average molecular weight is 1010 g/mol. The summed E-state index contributed by atoms with van der Waals surface area (Å²) in [6, 6.07) is 7.16. The number of aliphatic hydroxyl groups excluding tert-OH is 2. The van der Waals surface area contributed by atoms with Crippen molar-refractivity contribution in [2.45, 2.75) is 219 Å². The summed E-state index contributed by atoms with van der Waals surface area (Å²) in [5, 5.41) is 29.9. The lowest BCUT2D eigenvalue weighted by molar-refractivity contribution is -0.261. The fourth-order valence-corrected chi connectivity index (χ4v) is 19.8. The predicted octanol–water partition coefficient (Wildman–Crippen LogP) is 11.6. The second-order valence-electron chi connectivity index (χ2n) is 28.0. The molecule has 12 rings (SSSR count). The topological polar surface area (TPSA) is 146 Å². The van der Waals surface area contributed by atoms with Crippen LogP contribution >= 0.6 is 0 Å². The van der Waals surface area contributed by atoms with Crippen LogP contribution in [0.25, 0.3) is 11.0 Å². The van der Waals surface area contributed by atoms with Gasteiger partial charge in [-0.2, -0.15) is 0 Å². The Kier molecular flexibility index (Phi) is 12.5. The second kappa shape index (κ2) is 18.1. The Hall–Kier alpha value is -3.41. The summed E-state index contributed by atoms with van der Waals surface area (Å²) in [6.07, 6.45) is 21.1. The molecular formula is C64H89N3O7. The fraction of sp³-hybridized carbons (Fsp3) is 0.734. The van der Waals surface area contributed by atoms with Crippen LogP contribution in [0, 0.1) is 50.2 Å². The summed E-state index contributed by atoms with van der Waals surface area (Å²) < 4.78 is 14.4. The van der Waals surface area contributed by atoms with Crippen LogP contribution in [0.3, 0.4) is 0 Å². The number of rotatable bonds is 11. The third-order valence-corrected chi connectivity index (χ3v) is 24.0. The number of allylic oxidation sites excluding steroid dienone is 1. The highest BCUT2D eigenvalue weighted by Gasteiger charge is 2.77. The third kappa shape index (κ3) is 7.41. The standard InChI is InChI=1S/C64H89N3O7/c1-58(2)57(74-58)48(70)31-59(3)22-16-40-34-66-53-44(46(37-68)43-29-41(38-14-10-9-11-15-38)28-42(30-43)39-18-26-73-27-19-39)35-67(54(40)53)36-45-51-52(59)47(69)32-62(51,6)61(5)23-17-49-60(4,24-25-65-8)50(71)33-64(20-12-13-21-64)63(49,7)56(61)55(45)72/h28-30,34-35,37-39,45-46,48-49,55-57,65-66,70,72H,9-27,31-33,36H2,1-8H3/t45-,46-,48-,49+,55-,56+,57-,59+,60+,61+,62+,63-/m1/s1. The highest BCUT2D eigenvalue weighted by Crippen LogP contribution is 2.80. The predicted molar refractivity (Wildman–Crippen MR) is 289 cm³/mol. The maximum atomic E-state index is 15.7. The first-order valence-electron chi connectivity index (χ1n) is 29.6. The lowest BCUT2D eigenvalue weighted by atomic mass is 9.30. The molecule has 6 aliphatic carbocycles. The zero-order valence-corrected chi connectivity index (χ0v) is 46.3. The van der Waals surface area contributed by atoms with Gasteiger partial charge in [-0.15, -0.1) is 0 Å². The summed E-state index contributed by atoms with van der Waals surface area (Å²) >= 11 is 0. The zero-order valence-electron chi connectivity index (χ0n) is 46.3. The van der Waals surface area contributed by atoms with Gasteiger partial charge in [0.15, 0.2) is 5.78 Å². The monoisotopic (exact) mass is 1010 g/mol. The molecule has 12 atom stereocenters. The van der Waals surface area contributed by atoms with Gasteiger partial charge in [0.2, 0.25) is 0 Å². The van der Waals surface area contributed by atoms with E-state index in [9.17, 15) is 19.8 Å². The van der Waals surface area contributed by atoms with Crippen molar-refractivity contribution >= 4 is 28.9 Å². The molecule has 1 spiro atoms. The maximum Gasteiger partial charge on any atom is 0.160 e. The molecule has 1 aromatic carbocycles. The number of aldehydes is 1. The van der Waals surface area contributed by atoms with Crippen LogP contribution in [-0.2, 0) is 36.8 Å². The molecule has 3 aliphatic heterocycles. The molecule has 0 radical (unpaired) electrons. The highest BCUT2D eigenvalue weighted by atomic mass is 16.6. The van der Waals surface area contributed by atoms with Crippen molar-refractivity contribution in [1.29, 1.82) is 0 Å². The van der Waals surface area contributed by atoms with Crippen LogP contribution in [-0.4, -0.2) is 88.3 Å². The molecule has 10 heteroatoms. The number of H-pyrrole nitrogens is 1. The second-order valence-corrected chi connectivity index (χ2v) is 28.0. The number of aryl methyl sites for hydroxylation is 1. The maximum absolute atomic E-state index is 15.7. The molecule has 0 amide bonds. The van der Waals surface area contributed by atoms with Crippen molar-refractivity contribution in [1.82, 2.24) is 14.9 Å². The summed E-state index contributed by atoms with van der Waals surface area (Å²) in [4.78, 5) is 48.5. The van der Waals surface area contributed by atoms with Crippen molar-refractivity contribution < 1.29 is 34.1 Å². The first-order chi connectivity index (χ1) is 35.3. The van der Waals surface area contributed by atoms with Gasteiger partial charge in [-0.1, -0.05) is 84.9 Å². The van der Waals surface area contributed by atoms with Crippen LogP contribution in [0.1, 0.15) is 210 Å². The van der Waals surface area contributed by atoms with Gasteiger partial charge in [0.25, 0.3) is 0 Å². The summed E-state index contributed by atoms with van der Waals surface area (Å²) in [5.41, 5.74) is 6.54. The number of fused-ring (bicyclic) bond motifs is 5. The lowest BCUT2D eigenvalue weighted by Crippen LogP contribution is -2.72. The van der Waals surface area contributed by atoms with E-state index < -0.39 is 51.3 Å². The first-order valence-corrected chi connectivity index (χ1v) is 29.6. The van der Waals surface area contributed by atoms with Gasteiger partial charge < -0.3 is 39.3 Å². The van der Waals surface area contributed by atoms with E-state index in [-0.39, 0.29) is 34.6 Å². The normalized spacial score (nSPS) is 38.7. The number of Topliss-reactive ketones (excluding diaryl/α,β-unsaturated/α-hetero) is 2.